The van der Waals surface area contributed by atoms with E-state index in [1.807, 2.05) is 0 Å². The number of hydrogen-bond donors (Lipinski definition) is 0. The van der Waals surface area contributed by atoms with Crippen molar-refractivity contribution in [2.75, 3.05) is 0 Å². The molecular formula is C44H76Ca2O8. The van der Waals surface area contributed by atoms with Crippen molar-refractivity contribution in [1.82, 2.24) is 0 Å². The summed E-state index contributed by atoms with van der Waals surface area (Å²) in [5.74, 6) is -5.76. The number of hydrogen-bond acceptors (Lipinski definition) is 8. The zero-order chi connectivity index (χ0) is 38.9. The Morgan fingerprint density at radius 2 is 0.481 bits per heavy atom. The predicted molar refractivity (Wildman–Crippen MR) is 216 cm³/mol. The molecule has 8 nitrogen and oxygen atoms in total. The second-order valence-corrected chi connectivity index (χ2v) is 14.7. The number of carboxylic acid groups (broad SMARTS) is 4. The summed E-state index contributed by atoms with van der Waals surface area (Å²) >= 11 is 0. The van der Waals surface area contributed by atoms with Gasteiger partial charge in [0.1, 0.15) is 0 Å². The molecule has 0 atom stereocenters. The van der Waals surface area contributed by atoms with Crippen LogP contribution in [0.1, 0.15) is 232 Å². The first-order valence-corrected chi connectivity index (χ1v) is 21.4. The van der Waals surface area contributed by atoms with E-state index in [4.69, 9.17) is 0 Å². The van der Waals surface area contributed by atoms with E-state index in [-0.39, 0.29) is 99.5 Å². The number of aliphatic carboxylic acids is 4. The van der Waals surface area contributed by atoms with E-state index in [1.54, 1.807) is 0 Å². The molecule has 0 heterocycles. The molecule has 0 rings (SSSR count). The zero-order valence-corrected chi connectivity index (χ0v) is 39.3. The maximum Gasteiger partial charge on any atom is 2.00 e. The van der Waals surface area contributed by atoms with Crippen molar-refractivity contribution in [3.8, 4) is 0 Å². The van der Waals surface area contributed by atoms with Gasteiger partial charge in [-0.05, 0) is 49.0 Å². The van der Waals surface area contributed by atoms with Crippen molar-refractivity contribution >= 4 is 99.4 Å². The van der Waals surface area contributed by atoms with Crippen LogP contribution in [-0.4, -0.2) is 99.4 Å². The quantitative estimate of drug-likeness (QED) is 0.0355. The molecule has 0 radical (unpaired) electrons. The van der Waals surface area contributed by atoms with Gasteiger partial charge in [0.05, 0.1) is 23.9 Å². The summed E-state index contributed by atoms with van der Waals surface area (Å²) in [5.41, 5.74) is -0.342. The van der Waals surface area contributed by atoms with Gasteiger partial charge in [-0.1, -0.05) is 206 Å². The van der Waals surface area contributed by atoms with E-state index in [0.29, 0.717) is 25.0 Å². The second-order valence-electron chi connectivity index (χ2n) is 14.7. The van der Waals surface area contributed by atoms with Gasteiger partial charge in [0.25, 0.3) is 0 Å². The number of rotatable bonds is 38. The Morgan fingerprint density at radius 3 is 0.630 bits per heavy atom. The summed E-state index contributed by atoms with van der Waals surface area (Å²) in [5, 5.41) is 42.3. The average molecular weight is 813 g/mol. The minimum Gasteiger partial charge on any atom is -0.545 e. The predicted octanol–water partition coefficient (Wildman–Crippen LogP) is 7.37. The first-order chi connectivity index (χ1) is 25.1. The summed E-state index contributed by atoms with van der Waals surface area (Å²) in [6.07, 6.45) is 41.9. The average Bonchev–Trinajstić information content (AvgIpc) is 3.10. The van der Waals surface area contributed by atoms with Gasteiger partial charge < -0.3 is 39.6 Å². The van der Waals surface area contributed by atoms with Crippen LogP contribution in [0.3, 0.4) is 0 Å². The van der Waals surface area contributed by atoms with Crippen LogP contribution in [0.4, 0.5) is 0 Å². The third kappa shape index (κ3) is 49.9. The number of carbonyl (C=O) groups is 4. The van der Waals surface area contributed by atoms with Gasteiger partial charge in [0, 0.05) is 0 Å². The maximum atomic E-state index is 10.8. The van der Waals surface area contributed by atoms with Gasteiger partial charge in [0.15, 0.2) is 0 Å². The van der Waals surface area contributed by atoms with E-state index < -0.39 is 23.9 Å². The third-order valence-electron chi connectivity index (χ3n) is 9.71. The Hall–Kier alpha value is -0.121. The van der Waals surface area contributed by atoms with Crippen molar-refractivity contribution in [1.29, 1.82) is 0 Å². The first kappa shape index (κ1) is 60.6. The molecule has 0 aliphatic rings. The van der Waals surface area contributed by atoms with Crippen LogP contribution in [0.15, 0.2) is 23.3 Å². The van der Waals surface area contributed by atoms with Crippen molar-refractivity contribution in [3.63, 3.8) is 0 Å². The van der Waals surface area contributed by atoms with Gasteiger partial charge in [0.2, 0.25) is 0 Å². The molecule has 54 heavy (non-hydrogen) atoms. The molecule has 10 heteroatoms. The van der Waals surface area contributed by atoms with Crippen LogP contribution >= 0.6 is 0 Å². The van der Waals surface area contributed by atoms with Gasteiger partial charge >= 0.3 is 75.5 Å². The zero-order valence-electron chi connectivity index (χ0n) is 34.9. The Labute approximate surface area is 390 Å². The van der Waals surface area contributed by atoms with Crippen LogP contribution < -0.4 is 20.4 Å². The minimum atomic E-state index is -1.47. The SMILES string of the molecule is CCCCCCCCCCCCCCCCCC/C(=C/C(=O)[O-])C(=O)[O-].CCCCCCCCCCCCCCCCCC/C(=C/C(=O)[O-])C(=O)[O-].[Ca+2].[Ca+2]. The molecule has 0 aromatic carbocycles. The van der Waals surface area contributed by atoms with E-state index in [2.05, 4.69) is 13.8 Å². The summed E-state index contributed by atoms with van der Waals surface area (Å²) in [6.45, 7) is 4.51. The minimum absolute atomic E-state index is 0. The van der Waals surface area contributed by atoms with Crippen molar-refractivity contribution < 1.29 is 39.6 Å². The molecule has 0 N–H and O–H groups in total. The molecule has 0 aliphatic carbocycles. The topological polar surface area (TPSA) is 161 Å². The molecule has 0 saturated carbocycles. The Morgan fingerprint density at radius 1 is 0.315 bits per heavy atom. The smallest absolute Gasteiger partial charge is 0.545 e. The second kappa shape index (κ2) is 49.0. The van der Waals surface area contributed by atoms with Crippen LogP contribution in [-0.2, 0) is 19.2 Å². The van der Waals surface area contributed by atoms with Gasteiger partial charge in [-0.25, -0.2) is 0 Å². The number of unbranched alkanes of at least 4 members (excludes halogenated alkanes) is 30. The fraction of sp³-hybridized carbons (Fsp3) is 0.818. The largest absolute Gasteiger partial charge is 2.00 e. The molecule has 0 spiro atoms. The molecule has 0 bridgehead atoms. The summed E-state index contributed by atoms with van der Waals surface area (Å²) in [4.78, 5) is 42.3. The van der Waals surface area contributed by atoms with Crippen LogP contribution in [0.25, 0.3) is 0 Å². The van der Waals surface area contributed by atoms with Crippen molar-refractivity contribution in [2.45, 2.75) is 232 Å². The molecule has 304 valence electrons. The summed E-state index contributed by atoms with van der Waals surface area (Å²) in [6, 6.07) is 0. The molecule has 0 unspecified atom stereocenters. The van der Waals surface area contributed by atoms with Crippen LogP contribution in [0.5, 0.6) is 0 Å². The van der Waals surface area contributed by atoms with Crippen molar-refractivity contribution in [3.05, 3.63) is 23.3 Å². The van der Waals surface area contributed by atoms with E-state index in [1.165, 1.54) is 167 Å². The van der Waals surface area contributed by atoms with E-state index in [0.717, 1.165) is 25.7 Å². The Kier molecular flexibility index (Phi) is 55.0. The normalized spacial score (nSPS) is 11.2. The molecular weight excluding hydrogens is 737 g/mol. The number of carbonyl (C=O) groups excluding carboxylic acids is 4. The molecule has 0 fully saturated rings. The molecule has 0 aromatic rings. The van der Waals surface area contributed by atoms with Crippen molar-refractivity contribution in [2.24, 2.45) is 0 Å². The first-order valence-electron chi connectivity index (χ1n) is 21.4. The summed E-state index contributed by atoms with van der Waals surface area (Å²) in [7, 11) is 0. The maximum absolute atomic E-state index is 10.8. The molecule has 0 aromatic heterocycles. The van der Waals surface area contributed by atoms with Gasteiger partial charge in [-0.3, -0.25) is 0 Å². The fourth-order valence-corrected chi connectivity index (χ4v) is 6.48. The Balaban J connectivity index is -0.000000446. The van der Waals surface area contributed by atoms with Gasteiger partial charge in [-0.2, -0.15) is 0 Å². The van der Waals surface area contributed by atoms with Crippen LogP contribution in [0.2, 0.25) is 0 Å². The fourth-order valence-electron chi connectivity index (χ4n) is 6.48. The monoisotopic (exact) mass is 812 g/mol. The molecule has 0 aliphatic heterocycles. The van der Waals surface area contributed by atoms with E-state index in [9.17, 15) is 39.6 Å². The summed E-state index contributed by atoms with van der Waals surface area (Å²) < 4.78 is 0. The third-order valence-corrected chi connectivity index (χ3v) is 9.71. The van der Waals surface area contributed by atoms with Gasteiger partial charge in [-0.15, -0.1) is 0 Å². The standard InChI is InChI=1S/2C22H40O4.2Ca/c2*1-2-3-4-5-6-7-8-9-10-11-12-13-14-15-16-17-18-20(22(25)26)19-21(23)24;;/h2*19H,2-18H2,1H3,(H,23,24)(H,25,26);;/q;;2*+2/p-4/b2*20-19-;;. The van der Waals surface area contributed by atoms with Crippen LogP contribution in [0, 0.1) is 0 Å². The molecule has 0 amide bonds. The van der Waals surface area contributed by atoms with E-state index >= 15 is 0 Å². The number of carboxylic acids is 4. The Bertz CT molecular complexity index is 862. The molecule has 0 saturated heterocycles.